The van der Waals surface area contributed by atoms with Crippen molar-refractivity contribution >= 4 is 15.9 Å². The fraction of sp³-hybridized carbons (Fsp3) is 1.00. The summed E-state index contributed by atoms with van der Waals surface area (Å²) in [5.74, 6) is 0. The molecule has 3 heteroatoms. The lowest BCUT2D eigenvalue weighted by Crippen LogP contribution is -2.42. The number of unbranched alkanes of at least 4 members (excludes halogenated alkanes) is 1. The van der Waals surface area contributed by atoms with Crippen LogP contribution in [0.5, 0.6) is 0 Å². The first-order valence-electron chi connectivity index (χ1n) is 5.69. The normalized spacial score (nSPS) is 20.6. The summed E-state index contributed by atoms with van der Waals surface area (Å²) in [5, 5.41) is 1.15. The second-order valence-corrected chi connectivity index (χ2v) is 5.23. The second kappa shape index (κ2) is 6.81. The molecule has 1 rings (SSSR count). The van der Waals surface area contributed by atoms with Gasteiger partial charge in [0.1, 0.15) is 0 Å². The highest BCUT2D eigenvalue weighted by molar-refractivity contribution is 9.09. The van der Waals surface area contributed by atoms with Crippen LogP contribution < -0.4 is 0 Å². The fourth-order valence-electron chi connectivity index (χ4n) is 2.09. The first-order chi connectivity index (χ1) is 6.74. The molecule has 1 fully saturated rings. The smallest absolute Gasteiger partial charge is 0.0113 e. The molecule has 0 spiro atoms. The topological polar surface area (TPSA) is 6.48 Å². The van der Waals surface area contributed by atoms with Gasteiger partial charge in [-0.25, -0.2) is 0 Å². The predicted octanol–water partition coefficient (Wildman–Crippen LogP) is 2.19. The third-order valence-electron chi connectivity index (χ3n) is 3.15. The zero-order chi connectivity index (χ0) is 10.4. The first-order valence-corrected chi connectivity index (χ1v) is 6.81. The molecule has 0 saturated carbocycles. The van der Waals surface area contributed by atoms with E-state index in [1.807, 2.05) is 0 Å². The highest BCUT2D eigenvalue weighted by atomic mass is 79.9. The largest absolute Gasteiger partial charge is 0.306 e. The number of alkyl halides is 1. The molecular formula is C11H23BrN2. The Labute approximate surface area is 96.8 Å². The van der Waals surface area contributed by atoms with Crippen LogP contribution in [0.4, 0.5) is 0 Å². The Morgan fingerprint density at radius 1 is 1.21 bits per heavy atom. The van der Waals surface area contributed by atoms with Gasteiger partial charge in [0.05, 0.1) is 0 Å². The van der Waals surface area contributed by atoms with Crippen LogP contribution in [0.25, 0.3) is 0 Å². The summed E-state index contributed by atoms with van der Waals surface area (Å²) in [6.07, 6.45) is 5.36. The van der Waals surface area contributed by atoms with Crippen molar-refractivity contribution < 1.29 is 0 Å². The lowest BCUT2D eigenvalue weighted by Gasteiger charge is -2.35. The molecule has 0 bridgehead atoms. The highest BCUT2D eigenvalue weighted by Gasteiger charge is 2.19. The molecule has 0 atom stereocenters. The molecule has 1 aliphatic rings. The minimum absolute atomic E-state index is 0.822. The van der Waals surface area contributed by atoms with Gasteiger partial charge in [0, 0.05) is 11.4 Å². The number of rotatable bonds is 5. The number of halogens is 1. The molecule has 0 aliphatic carbocycles. The third-order valence-corrected chi connectivity index (χ3v) is 3.71. The number of nitrogens with zero attached hydrogens (tertiary/aromatic N) is 2. The monoisotopic (exact) mass is 262 g/mol. The minimum Gasteiger partial charge on any atom is -0.306 e. The Morgan fingerprint density at radius 2 is 1.86 bits per heavy atom. The summed E-state index contributed by atoms with van der Waals surface area (Å²) in [6, 6.07) is 0.822. The molecule has 0 radical (unpaired) electrons. The molecule has 2 nitrogen and oxygen atoms in total. The number of hydrogen-bond donors (Lipinski definition) is 0. The Kier molecular flexibility index (Phi) is 6.06. The van der Waals surface area contributed by atoms with Crippen molar-refractivity contribution in [1.29, 1.82) is 0 Å². The van der Waals surface area contributed by atoms with Gasteiger partial charge in [-0.2, -0.15) is 0 Å². The van der Waals surface area contributed by atoms with Crippen molar-refractivity contribution in [3.63, 3.8) is 0 Å². The third kappa shape index (κ3) is 4.28. The van der Waals surface area contributed by atoms with E-state index < -0.39 is 0 Å². The molecule has 0 aromatic carbocycles. The van der Waals surface area contributed by atoms with Gasteiger partial charge in [-0.05, 0) is 59.4 Å². The maximum Gasteiger partial charge on any atom is 0.0113 e. The SMILES string of the molecule is CN(C)C1CCN(CCCCBr)CC1. The summed E-state index contributed by atoms with van der Waals surface area (Å²) in [5.41, 5.74) is 0. The molecule has 0 aromatic heterocycles. The summed E-state index contributed by atoms with van der Waals surface area (Å²) < 4.78 is 0. The number of hydrogen-bond acceptors (Lipinski definition) is 2. The van der Waals surface area contributed by atoms with Crippen molar-refractivity contribution in [2.75, 3.05) is 39.1 Å². The van der Waals surface area contributed by atoms with Gasteiger partial charge < -0.3 is 9.80 Å². The van der Waals surface area contributed by atoms with Crippen LogP contribution in [-0.4, -0.2) is 54.9 Å². The molecule has 0 aromatic rings. The van der Waals surface area contributed by atoms with Crippen LogP contribution in [0.3, 0.4) is 0 Å². The first kappa shape index (κ1) is 12.5. The quantitative estimate of drug-likeness (QED) is 0.554. The number of piperidine rings is 1. The average Bonchev–Trinajstić information content (AvgIpc) is 2.19. The van der Waals surface area contributed by atoms with Crippen molar-refractivity contribution in [2.24, 2.45) is 0 Å². The lowest BCUT2D eigenvalue weighted by atomic mass is 10.0. The lowest BCUT2D eigenvalue weighted by molar-refractivity contribution is 0.144. The molecule has 1 saturated heterocycles. The maximum atomic E-state index is 3.48. The van der Waals surface area contributed by atoms with Crippen molar-refractivity contribution in [2.45, 2.75) is 31.7 Å². The van der Waals surface area contributed by atoms with Gasteiger partial charge >= 0.3 is 0 Å². The van der Waals surface area contributed by atoms with E-state index in [9.17, 15) is 0 Å². The Balaban J connectivity index is 2.09. The van der Waals surface area contributed by atoms with E-state index in [2.05, 4.69) is 39.8 Å². The number of likely N-dealkylation sites (tertiary alicyclic amines) is 1. The van der Waals surface area contributed by atoms with Gasteiger partial charge in [-0.15, -0.1) is 0 Å². The zero-order valence-corrected chi connectivity index (χ0v) is 11.1. The minimum atomic E-state index is 0.822. The van der Waals surface area contributed by atoms with Crippen LogP contribution in [0, 0.1) is 0 Å². The van der Waals surface area contributed by atoms with Gasteiger partial charge in [-0.1, -0.05) is 15.9 Å². The van der Waals surface area contributed by atoms with Gasteiger partial charge in [0.15, 0.2) is 0 Å². The van der Waals surface area contributed by atoms with Crippen molar-refractivity contribution in [3.8, 4) is 0 Å². The van der Waals surface area contributed by atoms with E-state index >= 15 is 0 Å². The van der Waals surface area contributed by atoms with E-state index in [0.29, 0.717) is 0 Å². The van der Waals surface area contributed by atoms with Gasteiger partial charge in [0.2, 0.25) is 0 Å². The van der Waals surface area contributed by atoms with E-state index in [0.717, 1.165) is 11.4 Å². The molecule has 1 heterocycles. The highest BCUT2D eigenvalue weighted by Crippen LogP contribution is 2.14. The van der Waals surface area contributed by atoms with Gasteiger partial charge in [-0.3, -0.25) is 0 Å². The maximum absolute atomic E-state index is 3.48. The van der Waals surface area contributed by atoms with E-state index in [1.54, 1.807) is 0 Å². The standard InChI is InChI=1S/C11H23BrN2/c1-13(2)11-5-9-14(10-6-11)8-4-3-7-12/h11H,3-10H2,1-2H3. The molecule has 0 N–H and O–H groups in total. The Hall–Kier alpha value is 0.400. The Bertz CT molecular complexity index is 142. The average molecular weight is 263 g/mol. The van der Waals surface area contributed by atoms with E-state index in [1.165, 1.54) is 45.3 Å². The Morgan fingerprint density at radius 3 is 2.36 bits per heavy atom. The fourth-order valence-corrected chi connectivity index (χ4v) is 2.49. The van der Waals surface area contributed by atoms with Crippen molar-refractivity contribution in [1.82, 2.24) is 9.80 Å². The van der Waals surface area contributed by atoms with E-state index in [-0.39, 0.29) is 0 Å². The van der Waals surface area contributed by atoms with Crippen LogP contribution in [0.2, 0.25) is 0 Å². The summed E-state index contributed by atoms with van der Waals surface area (Å²) in [6.45, 7) is 3.89. The van der Waals surface area contributed by atoms with Crippen LogP contribution >= 0.6 is 15.9 Å². The summed E-state index contributed by atoms with van der Waals surface area (Å²) >= 11 is 3.48. The predicted molar refractivity (Wildman–Crippen MR) is 66.2 cm³/mol. The summed E-state index contributed by atoms with van der Waals surface area (Å²) in [7, 11) is 4.40. The molecule has 1 aliphatic heterocycles. The van der Waals surface area contributed by atoms with Crippen LogP contribution in [-0.2, 0) is 0 Å². The molecule has 84 valence electrons. The zero-order valence-electron chi connectivity index (χ0n) is 9.51. The molecule has 0 amide bonds. The van der Waals surface area contributed by atoms with Crippen molar-refractivity contribution in [3.05, 3.63) is 0 Å². The summed E-state index contributed by atoms with van der Waals surface area (Å²) in [4.78, 5) is 4.98. The van der Waals surface area contributed by atoms with E-state index in [4.69, 9.17) is 0 Å². The molecule has 0 unspecified atom stereocenters. The second-order valence-electron chi connectivity index (χ2n) is 4.43. The molecular weight excluding hydrogens is 240 g/mol. The van der Waals surface area contributed by atoms with Crippen LogP contribution in [0.1, 0.15) is 25.7 Å². The van der Waals surface area contributed by atoms with Crippen LogP contribution in [0.15, 0.2) is 0 Å². The van der Waals surface area contributed by atoms with Gasteiger partial charge in [0.25, 0.3) is 0 Å². The molecule has 14 heavy (non-hydrogen) atoms.